The molecule has 90 valence electrons. The van der Waals surface area contributed by atoms with Crippen LogP contribution < -0.4 is 5.73 Å². The molecule has 5 nitrogen and oxygen atoms in total. The van der Waals surface area contributed by atoms with Crippen LogP contribution in [-0.4, -0.2) is 76.0 Å². The number of hydrogen-bond donors (Lipinski definition) is 1. The molecule has 0 amide bonds. The first-order chi connectivity index (χ1) is 6.82. The summed E-state index contributed by atoms with van der Waals surface area (Å²) in [5.74, 6) is 0.335. The molecular weight excluding hydrogens is 214 g/mol. The summed E-state index contributed by atoms with van der Waals surface area (Å²) in [6.07, 6.45) is 0. The van der Waals surface area contributed by atoms with Gasteiger partial charge in [-0.15, -0.1) is 0 Å². The molecule has 2 unspecified atom stereocenters. The second-order valence-electron chi connectivity index (χ2n) is 4.59. The average Bonchev–Trinajstić information content (AvgIpc) is 2.35. The molecule has 0 saturated carbocycles. The van der Waals surface area contributed by atoms with E-state index in [2.05, 4.69) is 9.80 Å². The third-order valence-corrected chi connectivity index (χ3v) is 4.57. The van der Waals surface area contributed by atoms with Crippen molar-refractivity contribution in [3.05, 3.63) is 0 Å². The van der Waals surface area contributed by atoms with Crippen molar-refractivity contribution < 1.29 is 8.42 Å². The van der Waals surface area contributed by atoms with Gasteiger partial charge in [-0.3, -0.25) is 4.90 Å². The molecule has 1 fully saturated rings. The zero-order chi connectivity index (χ0) is 11.6. The molecule has 1 aliphatic heterocycles. The van der Waals surface area contributed by atoms with E-state index in [1.165, 1.54) is 0 Å². The molecule has 0 aliphatic carbocycles. The van der Waals surface area contributed by atoms with Crippen LogP contribution in [0.1, 0.15) is 0 Å². The Labute approximate surface area is 92.1 Å². The molecule has 2 N–H and O–H groups in total. The molecule has 15 heavy (non-hydrogen) atoms. The number of likely N-dealkylation sites (N-methyl/N-ethyl adjacent to an activating group) is 2. The lowest BCUT2D eigenvalue weighted by Gasteiger charge is -2.27. The molecule has 1 aliphatic rings. The number of nitrogens with two attached hydrogens (primary N) is 1. The van der Waals surface area contributed by atoms with Crippen molar-refractivity contribution in [2.45, 2.75) is 12.1 Å². The van der Waals surface area contributed by atoms with Gasteiger partial charge in [0, 0.05) is 25.2 Å². The lowest BCUT2D eigenvalue weighted by Crippen LogP contribution is -2.47. The first-order valence-corrected chi connectivity index (χ1v) is 6.95. The van der Waals surface area contributed by atoms with Crippen LogP contribution >= 0.6 is 0 Å². The van der Waals surface area contributed by atoms with Crippen LogP contribution in [0.3, 0.4) is 0 Å². The summed E-state index contributed by atoms with van der Waals surface area (Å²) in [6.45, 7) is 1.76. The third-order valence-electron chi connectivity index (χ3n) is 2.83. The van der Waals surface area contributed by atoms with E-state index < -0.39 is 9.84 Å². The van der Waals surface area contributed by atoms with Crippen molar-refractivity contribution in [2.75, 3.05) is 45.7 Å². The van der Waals surface area contributed by atoms with Crippen molar-refractivity contribution in [2.24, 2.45) is 5.73 Å². The van der Waals surface area contributed by atoms with Crippen LogP contribution in [0, 0.1) is 0 Å². The Morgan fingerprint density at radius 2 is 1.80 bits per heavy atom. The maximum atomic E-state index is 11.4. The molecule has 1 saturated heterocycles. The molecule has 1 heterocycles. The lowest BCUT2D eigenvalue weighted by atomic mass is 10.1. The van der Waals surface area contributed by atoms with E-state index in [0.29, 0.717) is 0 Å². The summed E-state index contributed by atoms with van der Waals surface area (Å²) in [6, 6.07) is -0.253. The average molecular weight is 235 g/mol. The van der Waals surface area contributed by atoms with Crippen molar-refractivity contribution in [3.8, 4) is 0 Å². The monoisotopic (exact) mass is 235 g/mol. The second kappa shape index (κ2) is 4.78. The van der Waals surface area contributed by atoms with Gasteiger partial charge in [0.25, 0.3) is 0 Å². The molecule has 2 atom stereocenters. The molecule has 0 radical (unpaired) electrons. The Bertz CT molecular complexity index is 302. The maximum Gasteiger partial charge on any atom is 0.153 e. The number of sulfone groups is 1. The minimum atomic E-state index is -2.91. The van der Waals surface area contributed by atoms with Crippen molar-refractivity contribution in [1.82, 2.24) is 9.80 Å². The molecule has 0 aromatic carbocycles. The van der Waals surface area contributed by atoms with Crippen LogP contribution in [0.25, 0.3) is 0 Å². The van der Waals surface area contributed by atoms with Crippen LogP contribution in [0.5, 0.6) is 0 Å². The molecular formula is C9H21N3O2S. The minimum absolute atomic E-state index is 0.0186. The molecule has 0 bridgehead atoms. The predicted octanol–water partition coefficient (Wildman–Crippen LogP) is -1.40. The van der Waals surface area contributed by atoms with Crippen molar-refractivity contribution >= 4 is 9.84 Å². The van der Waals surface area contributed by atoms with E-state index >= 15 is 0 Å². The smallest absolute Gasteiger partial charge is 0.153 e. The van der Waals surface area contributed by atoms with Gasteiger partial charge in [0.05, 0.1) is 11.5 Å². The summed E-state index contributed by atoms with van der Waals surface area (Å²) in [5, 5.41) is 0. The maximum absolute atomic E-state index is 11.4. The van der Waals surface area contributed by atoms with Crippen molar-refractivity contribution in [3.63, 3.8) is 0 Å². The molecule has 0 spiro atoms. The quantitative estimate of drug-likeness (QED) is 0.649. The highest BCUT2D eigenvalue weighted by Gasteiger charge is 2.37. The van der Waals surface area contributed by atoms with Gasteiger partial charge in [-0.25, -0.2) is 8.42 Å². The van der Waals surface area contributed by atoms with Gasteiger partial charge >= 0.3 is 0 Å². The highest BCUT2D eigenvalue weighted by molar-refractivity contribution is 7.91. The molecule has 0 aromatic heterocycles. The predicted molar refractivity (Wildman–Crippen MR) is 61.6 cm³/mol. The van der Waals surface area contributed by atoms with Gasteiger partial charge in [-0.2, -0.15) is 0 Å². The SMILES string of the molecule is CN(C)CCN(C)C1CS(=O)(=O)CC1N. The van der Waals surface area contributed by atoms with Crippen LogP contribution in [0.15, 0.2) is 0 Å². The van der Waals surface area contributed by atoms with Gasteiger partial charge in [-0.1, -0.05) is 0 Å². The molecule has 1 rings (SSSR count). The van der Waals surface area contributed by atoms with Crippen LogP contribution in [0.2, 0.25) is 0 Å². The third kappa shape index (κ3) is 3.71. The standard InChI is InChI=1S/C9H21N3O2S/c1-11(2)4-5-12(3)9-7-15(13,14)6-8(9)10/h8-9H,4-7,10H2,1-3H3. The summed E-state index contributed by atoms with van der Waals surface area (Å²) in [7, 11) is 3.03. The fraction of sp³-hybridized carbons (Fsp3) is 1.00. The zero-order valence-electron chi connectivity index (χ0n) is 9.68. The Balaban J connectivity index is 2.50. The fourth-order valence-electron chi connectivity index (χ4n) is 1.83. The topological polar surface area (TPSA) is 66.6 Å². The largest absolute Gasteiger partial charge is 0.325 e. The summed E-state index contributed by atoms with van der Waals surface area (Å²) in [5.41, 5.74) is 5.83. The first kappa shape index (κ1) is 12.9. The van der Waals surface area contributed by atoms with E-state index in [-0.39, 0.29) is 23.6 Å². The Morgan fingerprint density at radius 1 is 1.20 bits per heavy atom. The van der Waals surface area contributed by atoms with Gasteiger partial charge < -0.3 is 10.6 Å². The summed E-state index contributed by atoms with van der Waals surface area (Å²) >= 11 is 0. The van der Waals surface area contributed by atoms with Gasteiger partial charge in [-0.05, 0) is 21.1 Å². The Morgan fingerprint density at radius 3 is 2.20 bits per heavy atom. The molecule has 6 heteroatoms. The van der Waals surface area contributed by atoms with Crippen LogP contribution in [0.4, 0.5) is 0 Å². The highest BCUT2D eigenvalue weighted by Crippen LogP contribution is 2.15. The minimum Gasteiger partial charge on any atom is -0.325 e. The van der Waals surface area contributed by atoms with E-state index in [9.17, 15) is 8.42 Å². The number of rotatable bonds is 4. The lowest BCUT2D eigenvalue weighted by molar-refractivity contribution is 0.219. The zero-order valence-corrected chi connectivity index (χ0v) is 10.5. The van der Waals surface area contributed by atoms with Gasteiger partial charge in [0.15, 0.2) is 9.84 Å². The fourth-order valence-corrected chi connectivity index (χ4v) is 3.80. The van der Waals surface area contributed by atoms with Gasteiger partial charge in [0.1, 0.15) is 0 Å². The first-order valence-electron chi connectivity index (χ1n) is 5.13. The van der Waals surface area contributed by atoms with Crippen molar-refractivity contribution in [1.29, 1.82) is 0 Å². The second-order valence-corrected chi connectivity index (χ2v) is 6.75. The van der Waals surface area contributed by atoms with E-state index in [1.807, 2.05) is 21.1 Å². The van der Waals surface area contributed by atoms with Crippen LogP contribution in [-0.2, 0) is 9.84 Å². The van der Waals surface area contributed by atoms with E-state index in [0.717, 1.165) is 13.1 Å². The summed E-state index contributed by atoms with van der Waals surface area (Å²) < 4.78 is 22.8. The normalized spacial score (nSPS) is 30.3. The highest BCUT2D eigenvalue weighted by atomic mass is 32.2. The number of hydrogen-bond acceptors (Lipinski definition) is 5. The van der Waals surface area contributed by atoms with E-state index in [4.69, 9.17) is 5.73 Å². The summed E-state index contributed by atoms with van der Waals surface area (Å²) in [4.78, 5) is 4.13. The Hall–Kier alpha value is -0.170. The number of nitrogens with zero attached hydrogens (tertiary/aromatic N) is 2. The van der Waals surface area contributed by atoms with Gasteiger partial charge in [0.2, 0.25) is 0 Å². The molecule has 0 aromatic rings. The van der Waals surface area contributed by atoms with E-state index in [1.54, 1.807) is 0 Å². The Kier molecular flexibility index (Phi) is 4.11.